The van der Waals surface area contributed by atoms with Crippen molar-refractivity contribution in [1.82, 2.24) is 5.32 Å². The molecule has 2 aromatic rings. The van der Waals surface area contributed by atoms with Crippen LogP contribution in [0.1, 0.15) is 36.5 Å². The number of hydrogen-bond donors (Lipinski definition) is 1. The van der Waals surface area contributed by atoms with Gasteiger partial charge >= 0.3 is 0 Å². The maximum atomic E-state index is 11.8. The molecule has 0 saturated heterocycles. The highest BCUT2D eigenvalue weighted by molar-refractivity contribution is 5.77. The fourth-order valence-electron chi connectivity index (χ4n) is 2.31. The molecule has 2 aromatic carbocycles. The summed E-state index contributed by atoms with van der Waals surface area (Å²) in [6.07, 6.45) is 0. The van der Waals surface area contributed by atoms with Gasteiger partial charge in [0, 0.05) is 0 Å². The lowest BCUT2D eigenvalue weighted by Gasteiger charge is -2.11. The molecule has 0 aliphatic rings. The minimum atomic E-state index is -0.156. The van der Waals surface area contributed by atoms with E-state index in [0.717, 1.165) is 5.75 Å². The Bertz CT molecular complexity index is 693. The van der Waals surface area contributed by atoms with Gasteiger partial charge in [0.15, 0.2) is 6.61 Å². The molecule has 0 saturated carbocycles. The van der Waals surface area contributed by atoms with E-state index >= 15 is 0 Å². The quantitative estimate of drug-likeness (QED) is 0.738. The van der Waals surface area contributed by atoms with Crippen LogP contribution in [0.2, 0.25) is 0 Å². The third kappa shape index (κ3) is 6.14. The Labute approximate surface area is 150 Å². The van der Waals surface area contributed by atoms with E-state index in [4.69, 9.17) is 9.47 Å². The molecule has 0 heterocycles. The maximum absolute atomic E-state index is 11.8. The van der Waals surface area contributed by atoms with Gasteiger partial charge in [-0.15, -0.1) is 0 Å². The number of nitrogens with one attached hydrogen (secondary N) is 1. The molecule has 0 aliphatic heterocycles. The molecule has 134 valence electrons. The van der Waals surface area contributed by atoms with Gasteiger partial charge in [-0.05, 0) is 60.7 Å². The van der Waals surface area contributed by atoms with Crippen LogP contribution in [0, 0.1) is 13.8 Å². The lowest BCUT2D eigenvalue weighted by Crippen LogP contribution is -2.32. The zero-order valence-electron chi connectivity index (χ0n) is 15.5. The Balaban J connectivity index is 1.66. The molecule has 2 rings (SSSR count). The summed E-state index contributed by atoms with van der Waals surface area (Å²) < 4.78 is 11.1. The highest BCUT2D eigenvalue weighted by Crippen LogP contribution is 2.18. The first-order valence-corrected chi connectivity index (χ1v) is 8.65. The molecule has 0 fully saturated rings. The van der Waals surface area contributed by atoms with Gasteiger partial charge in [0.1, 0.15) is 18.1 Å². The fourth-order valence-corrected chi connectivity index (χ4v) is 2.31. The van der Waals surface area contributed by atoms with E-state index in [1.807, 2.05) is 42.5 Å². The van der Waals surface area contributed by atoms with E-state index in [9.17, 15) is 4.79 Å². The topological polar surface area (TPSA) is 47.6 Å². The third-order valence-corrected chi connectivity index (χ3v) is 4.09. The minimum absolute atomic E-state index is 0.00463. The van der Waals surface area contributed by atoms with Crippen LogP contribution in [-0.4, -0.2) is 25.7 Å². The molecular weight excluding hydrogens is 314 g/mol. The summed E-state index contributed by atoms with van der Waals surface area (Å²) in [7, 11) is 0. The third-order valence-electron chi connectivity index (χ3n) is 4.09. The molecule has 0 bridgehead atoms. The van der Waals surface area contributed by atoms with Crippen LogP contribution >= 0.6 is 0 Å². The Kier molecular flexibility index (Phi) is 6.87. The van der Waals surface area contributed by atoms with E-state index in [-0.39, 0.29) is 12.5 Å². The molecular formula is C21H27NO3. The highest BCUT2D eigenvalue weighted by atomic mass is 16.5. The fraction of sp³-hybridized carbons (Fsp3) is 0.381. The lowest BCUT2D eigenvalue weighted by molar-refractivity contribution is -0.123. The zero-order chi connectivity index (χ0) is 18.2. The predicted octanol–water partition coefficient (Wildman–Crippen LogP) is 4.00. The van der Waals surface area contributed by atoms with Crippen molar-refractivity contribution in [3.05, 3.63) is 59.2 Å². The molecule has 4 heteroatoms. The average molecular weight is 341 g/mol. The lowest BCUT2D eigenvalue weighted by atomic mass is 10.0. The highest BCUT2D eigenvalue weighted by Gasteiger charge is 2.04. The molecule has 1 amide bonds. The Hall–Kier alpha value is -2.49. The first kappa shape index (κ1) is 18.8. The molecule has 4 nitrogen and oxygen atoms in total. The monoisotopic (exact) mass is 341 g/mol. The first-order valence-electron chi connectivity index (χ1n) is 8.65. The van der Waals surface area contributed by atoms with Crippen molar-refractivity contribution in [2.45, 2.75) is 33.6 Å². The van der Waals surface area contributed by atoms with Gasteiger partial charge in [0.05, 0.1) is 6.54 Å². The largest absolute Gasteiger partial charge is 0.492 e. The molecule has 1 N–H and O–H groups in total. The summed E-state index contributed by atoms with van der Waals surface area (Å²) in [5, 5.41) is 2.79. The zero-order valence-corrected chi connectivity index (χ0v) is 15.5. The summed E-state index contributed by atoms with van der Waals surface area (Å²) in [5.74, 6) is 1.84. The van der Waals surface area contributed by atoms with E-state index in [1.54, 1.807) is 0 Å². The number of carbonyl (C=O) groups is 1. The van der Waals surface area contributed by atoms with Crippen molar-refractivity contribution >= 4 is 5.91 Å². The summed E-state index contributed by atoms with van der Waals surface area (Å²) in [6.45, 7) is 9.28. The van der Waals surface area contributed by atoms with Gasteiger partial charge < -0.3 is 14.8 Å². The number of ether oxygens (including phenoxy) is 2. The van der Waals surface area contributed by atoms with Crippen LogP contribution in [0.15, 0.2) is 42.5 Å². The summed E-state index contributed by atoms with van der Waals surface area (Å²) >= 11 is 0. The molecule has 0 aliphatic carbocycles. The second-order valence-electron chi connectivity index (χ2n) is 6.46. The van der Waals surface area contributed by atoms with Crippen molar-refractivity contribution in [3.8, 4) is 11.5 Å². The number of aryl methyl sites for hydroxylation is 2. The Morgan fingerprint density at radius 2 is 1.64 bits per heavy atom. The first-order chi connectivity index (χ1) is 12.0. The number of hydrogen-bond acceptors (Lipinski definition) is 3. The molecule has 0 atom stereocenters. The van der Waals surface area contributed by atoms with E-state index in [0.29, 0.717) is 24.8 Å². The molecule has 0 aromatic heterocycles. The summed E-state index contributed by atoms with van der Waals surface area (Å²) in [6, 6.07) is 13.8. The standard InChI is InChI=1S/C21H27NO3/c1-15(2)18-6-9-19(10-7-18)25-14-21(23)22-11-12-24-20-8-5-16(3)17(4)13-20/h5-10,13,15H,11-12,14H2,1-4H3,(H,22,23). The predicted molar refractivity (Wildman–Crippen MR) is 100 cm³/mol. The van der Waals surface area contributed by atoms with Crippen LogP contribution in [0.5, 0.6) is 11.5 Å². The van der Waals surface area contributed by atoms with Crippen LogP contribution in [0.3, 0.4) is 0 Å². The summed E-state index contributed by atoms with van der Waals surface area (Å²) in [4.78, 5) is 11.8. The van der Waals surface area contributed by atoms with E-state index in [2.05, 4.69) is 33.0 Å². The van der Waals surface area contributed by atoms with Gasteiger partial charge in [-0.2, -0.15) is 0 Å². The van der Waals surface area contributed by atoms with Crippen molar-refractivity contribution in [2.24, 2.45) is 0 Å². The van der Waals surface area contributed by atoms with Crippen molar-refractivity contribution in [2.75, 3.05) is 19.8 Å². The normalized spacial score (nSPS) is 10.6. The van der Waals surface area contributed by atoms with Crippen LogP contribution in [0.4, 0.5) is 0 Å². The number of rotatable bonds is 8. The van der Waals surface area contributed by atoms with Crippen LogP contribution in [0.25, 0.3) is 0 Å². The van der Waals surface area contributed by atoms with Crippen molar-refractivity contribution in [3.63, 3.8) is 0 Å². The van der Waals surface area contributed by atoms with Gasteiger partial charge in [-0.1, -0.05) is 32.0 Å². The van der Waals surface area contributed by atoms with Crippen molar-refractivity contribution in [1.29, 1.82) is 0 Å². The number of carbonyl (C=O) groups excluding carboxylic acids is 1. The Morgan fingerprint density at radius 1 is 0.960 bits per heavy atom. The molecule has 0 radical (unpaired) electrons. The van der Waals surface area contributed by atoms with E-state index < -0.39 is 0 Å². The van der Waals surface area contributed by atoms with E-state index in [1.165, 1.54) is 16.7 Å². The summed E-state index contributed by atoms with van der Waals surface area (Å²) in [5.41, 5.74) is 3.68. The second kappa shape index (κ2) is 9.11. The average Bonchev–Trinajstić information content (AvgIpc) is 2.60. The minimum Gasteiger partial charge on any atom is -0.492 e. The van der Waals surface area contributed by atoms with Gasteiger partial charge in [0.25, 0.3) is 5.91 Å². The van der Waals surface area contributed by atoms with Crippen molar-refractivity contribution < 1.29 is 14.3 Å². The smallest absolute Gasteiger partial charge is 0.258 e. The SMILES string of the molecule is Cc1ccc(OCCNC(=O)COc2ccc(C(C)C)cc2)cc1C. The van der Waals surface area contributed by atoms with Crippen LogP contribution < -0.4 is 14.8 Å². The van der Waals surface area contributed by atoms with Gasteiger partial charge in [0.2, 0.25) is 0 Å². The molecule has 0 unspecified atom stereocenters. The Morgan fingerprint density at radius 3 is 2.28 bits per heavy atom. The molecule has 0 spiro atoms. The van der Waals surface area contributed by atoms with Gasteiger partial charge in [-0.25, -0.2) is 0 Å². The number of amides is 1. The molecule has 25 heavy (non-hydrogen) atoms. The maximum Gasteiger partial charge on any atom is 0.258 e. The number of benzene rings is 2. The second-order valence-corrected chi connectivity index (χ2v) is 6.46. The van der Waals surface area contributed by atoms with Gasteiger partial charge in [-0.3, -0.25) is 4.79 Å². The van der Waals surface area contributed by atoms with Crippen LogP contribution in [-0.2, 0) is 4.79 Å².